The molecule has 2 aliphatic rings. The Morgan fingerprint density at radius 1 is 1.07 bits per heavy atom. The molecule has 7 N–H and O–H groups in total. The van der Waals surface area contributed by atoms with Crippen LogP contribution < -0.4 is 11.5 Å². The van der Waals surface area contributed by atoms with Crippen LogP contribution in [0.4, 0.5) is 16.0 Å². The maximum atomic E-state index is 15.9. The fraction of sp³-hybridized carbons (Fsp3) is 0.545. The van der Waals surface area contributed by atoms with E-state index in [1.54, 1.807) is 6.92 Å². The Morgan fingerprint density at radius 3 is 2.22 bits per heavy atom. The minimum absolute atomic E-state index is 0.0457. The number of aromatic nitrogens is 8. The summed E-state index contributed by atoms with van der Waals surface area (Å²) in [6, 6.07) is 0. The van der Waals surface area contributed by atoms with Crippen LogP contribution in [0, 0.1) is 0 Å². The van der Waals surface area contributed by atoms with E-state index in [1.807, 2.05) is 0 Å². The third-order valence-corrected chi connectivity index (χ3v) is 10.0. The minimum atomic E-state index is -4.30. The van der Waals surface area contributed by atoms with E-state index in [9.17, 15) is 19.5 Å². The van der Waals surface area contributed by atoms with E-state index in [0.29, 0.717) is 17.6 Å². The molecule has 2 aliphatic heterocycles. The summed E-state index contributed by atoms with van der Waals surface area (Å²) in [7, 11) is 0. The Bertz CT molecular complexity index is 1850. The molecule has 4 aromatic heterocycles. The largest absolute Gasteiger partial charge is 0.388 e. The predicted molar refractivity (Wildman–Crippen MR) is 164 cm³/mol. The van der Waals surface area contributed by atoms with Crippen molar-refractivity contribution < 1.29 is 46.9 Å². The van der Waals surface area contributed by atoms with Gasteiger partial charge in [0.25, 0.3) is 0 Å². The molecule has 0 radical (unpaired) electrons. The van der Waals surface area contributed by atoms with Gasteiger partial charge >= 0.3 is 13.5 Å². The van der Waals surface area contributed by atoms with Crippen molar-refractivity contribution >= 4 is 71.5 Å². The van der Waals surface area contributed by atoms with Gasteiger partial charge in [-0.05, 0) is 18.2 Å². The van der Waals surface area contributed by atoms with Crippen molar-refractivity contribution in [3.05, 3.63) is 25.3 Å². The SMILES string of the molecule is CC[C@@]1(COP(O)(=S)O[C@@H]2[C@H](F)[C@@H](COP(=O)(O)S)O[C@H]2n2cnc3c(N)ncnc32)C[C@@H](O)[C@H](n2cnc3c(N)ncnc32)O1. The summed E-state index contributed by atoms with van der Waals surface area (Å²) in [5, 5.41) is 11.0. The number of aliphatic hydroxyl groups is 1. The topological polar surface area (TPSA) is 263 Å². The molecule has 0 aromatic carbocycles. The highest BCUT2D eigenvalue weighted by Gasteiger charge is 2.52. The lowest BCUT2D eigenvalue weighted by Gasteiger charge is -2.31. The Hall–Kier alpha value is -2.46. The zero-order chi connectivity index (χ0) is 33.0. The van der Waals surface area contributed by atoms with Gasteiger partial charge in [-0.1, -0.05) is 19.2 Å². The molecule has 2 saturated heterocycles. The highest BCUT2D eigenvalue weighted by molar-refractivity contribution is 8.44. The average Bonchev–Trinajstić information content (AvgIpc) is 3.76. The molecule has 19 nitrogen and oxygen atoms in total. The van der Waals surface area contributed by atoms with Crippen LogP contribution in [0.25, 0.3) is 22.3 Å². The summed E-state index contributed by atoms with van der Waals surface area (Å²) in [6.45, 7) is -7.83. The van der Waals surface area contributed by atoms with E-state index in [4.69, 9.17) is 46.3 Å². The quantitative estimate of drug-likeness (QED) is 0.0937. The highest BCUT2D eigenvalue weighted by atomic mass is 32.7. The number of hydrogen-bond acceptors (Lipinski definition) is 16. The molecule has 24 heteroatoms. The average molecular weight is 723 g/mol. The van der Waals surface area contributed by atoms with Gasteiger partial charge in [0.1, 0.15) is 42.0 Å². The lowest BCUT2D eigenvalue weighted by atomic mass is 9.97. The van der Waals surface area contributed by atoms with E-state index in [2.05, 4.69) is 42.2 Å². The number of nitrogen functional groups attached to an aromatic ring is 2. The second kappa shape index (κ2) is 12.5. The van der Waals surface area contributed by atoms with Crippen molar-refractivity contribution in [1.82, 2.24) is 39.0 Å². The van der Waals surface area contributed by atoms with Crippen molar-refractivity contribution in [2.24, 2.45) is 0 Å². The summed E-state index contributed by atoms with van der Waals surface area (Å²) in [5.74, 6) is 0.202. The maximum Gasteiger partial charge on any atom is 0.383 e. The highest BCUT2D eigenvalue weighted by Crippen LogP contribution is 2.53. The van der Waals surface area contributed by atoms with Crippen molar-refractivity contribution in [2.75, 3.05) is 24.7 Å². The number of nitrogens with two attached hydrogens (primary N) is 2. The zero-order valence-corrected chi connectivity index (χ0v) is 27.3. The predicted octanol–water partition coefficient (Wildman–Crippen LogP) is 1.16. The van der Waals surface area contributed by atoms with Crippen LogP contribution in [0.2, 0.25) is 0 Å². The zero-order valence-electron chi connectivity index (χ0n) is 23.8. The number of ether oxygens (including phenoxy) is 2. The first kappa shape index (κ1) is 33.4. The molecule has 2 unspecified atom stereocenters. The lowest BCUT2D eigenvalue weighted by molar-refractivity contribution is -0.108. The number of aliphatic hydroxyl groups excluding tert-OH is 1. The van der Waals surface area contributed by atoms with Gasteiger partial charge in [-0.2, -0.15) is 0 Å². The summed E-state index contributed by atoms with van der Waals surface area (Å²) < 4.78 is 58.5. The standard InChI is InChI=1S/C22H29FN10O9P2S2/c1-2-22(3-10(34)20(41-22)32-8-30-13-16(24)26-6-28-18(13)32)5-39-44(37,46)42-15-12(23)11(4-38-43(35,36)45)40-21(15)33-9-31-14-17(25)27-7-29-19(14)33/h6-12,15,20-21,34H,2-5H2,1H3,(H,37,46)(H2,24,26,28)(H2,25,27,29)(H2,35,36,45)/t10-,11-,12-,15-,20-,21-,22+,44?/m1/s1. The van der Waals surface area contributed by atoms with Gasteiger partial charge in [0, 0.05) is 6.42 Å². The monoisotopic (exact) mass is 722 g/mol. The normalized spacial score (nSPS) is 31.0. The van der Waals surface area contributed by atoms with E-state index in [0.717, 1.165) is 0 Å². The third kappa shape index (κ3) is 6.49. The first-order chi connectivity index (χ1) is 21.7. The van der Waals surface area contributed by atoms with Crippen molar-refractivity contribution in [2.45, 2.75) is 62.3 Å². The summed E-state index contributed by atoms with van der Waals surface area (Å²) >= 11 is 8.73. The minimum Gasteiger partial charge on any atom is -0.388 e. The Balaban J connectivity index is 1.21. The van der Waals surface area contributed by atoms with Crippen LogP contribution in [-0.2, 0) is 39.4 Å². The number of hydrogen-bond donors (Lipinski definition) is 6. The van der Waals surface area contributed by atoms with Crippen LogP contribution in [0.15, 0.2) is 25.3 Å². The molecule has 4 aromatic rings. The molecular weight excluding hydrogens is 693 g/mol. The van der Waals surface area contributed by atoms with E-state index < -0.39 is 62.7 Å². The van der Waals surface area contributed by atoms with Crippen LogP contribution in [0.5, 0.6) is 0 Å². The molecule has 6 heterocycles. The van der Waals surface area contributed by atoms with Crippen LogP contribution in [0.3, 0.4) is 0 Å². The summed E-state index contributed by atoms with van der Waals surface area (Å²) in [5.41, 5.74) is 11.6. The molecule has 0 saturated carbocycles. The van der Waals surface area contributed by atoms with Crippen molar-refractivity contribution in [3.63, 3.8) is 0 Å². The molecule has 2 fully saturated rings. The second-order valence-electron chi connectivity index (χ2n) is 10.6. The maximum absolute atomic E-state index is 15.9. The molecular formula is C22H29FN10O9P2S2. The molecule has 46 heavy (non-hydrogen) atoms. The van der Waals surface area contributed by atoms with Gasteiger partial charge in [0.05, 0.1) is 31.5 Å². The molecule has 6 rings (SSSR count). The van der Waals surface area contributed by atoms with Gasteiger partial charge in [-0.25, -0.2) is 38.9 Å². The van der Waals surface area contributed by atoms with Crippen LogP contribution >= 0.6 is 25.8 Å². The van der Waals surface area contributed by atoms with Gasteiger partial charge in [-0.3, -0.25) is 18.2 Å². The molecule has 250 valence electrons. The Kier molecular flexibility index (Phi) is 9.11. The third-order valence-electron chi connectivity index (χ3n) is 7.66. The van der Waals surface area contributed by atoms with E-state index >= 15 is 4.39 Å². The van der Waals surface area contributed by atoms with Gasteiger partial charge in [0.15, 0.2) is 41.6 Å². The number of halogens is 1. The number of imidazole rings is 2. The number of anilines is 2. The molecule has 9 atom stereocenters. The van der Waals surface area contributed by atoms with Crippen molar-refractivity contribution in [3.8, 4) is 0 Å². The number of thiol groups is 1. The molecule has 0 aliphatic carbocycles. The number of rotatable bonds is 11. The molecule has 0 amide bonds. The van der Waals surface area contributed by atoms with Crippen LogP contribution in [0.1, 0.15) is 32.2 Å². The lowest BCUT2D eigenvalue weighted by Crippen LogP contribution is -2.35. The fourth-order valence-electron chi connectivity index (χ4n) is 5.36. The number of fused-ring (bicyclic) bond motifs is 2. The number of alkyl halides is 1. The second-order valence-corrected chi connectivity index (χ2v) is 16.1. The smallest absolute Gasteiger partial charge is 0.383 e. The summed E-state index contributed by atoms with van der Waals surface area (Å²) in [4.78, 5) is 45.1. The fourth-order valence-corrected chi connectivity index (χ4v) is 7.35. The Morgan fingerprint density at radius 2 is 1.65 bits per heavy atom. The summed E-state index contributed by atoms with van der Waals surface area (Å²) in [6.07, 6.45) is -3.04. The van der Waals surface area contributed by atoms with Crippen molar-refractivity contribution in [1.29, 1.82) is 0 Å². The number of nitrogens with zero attached hydrogens (tertiary/aromatic N) is 8. The van der Waals surface area contributed by atoms with Gasteiger partial charge in [0.2, 0.25) is 0 Å². The first-order valence-corrected chi connectivity index (χ1v) is 18.9. The molecule has 0 spiro atoms. The van der Waals surface area contributed by atoms with Gasteiger partial charge < -0.3 is 40.4 Å². The van der Waals surface area contributed by atoms with E-state index in [1.165, 1.54) is 34.4 Å². The Labute approximate surface area is 269 Å². The van der Waals surface area contributed by atoms with E-state index in [-0.39, 0.29) is 35.8 Å². The van der Waals surface area contributed by atoms with Gasteiger partial charge in [-0.15, -0.1) is 0 Å². The molecule has 0 bridgehead atoms. The van der Waals surface area contributed by atoms with Crippen LogP contribution in [-0.4, -0.2) is 97.2 Å². The first-order valence-electron chi connectivity index (χ1n) is 13.6.